The number of para-hydroxylation sites is 1. The summed E-state index contributed by atoms with van der Waals surface area (Å²) in [5.74, 6) is 0.456. The molecule has 3 aromatic rings. The van der Waals surface area contributed by atoms with E-state index < -0.39 is 5.91 Å². The van der Waals surface area contributed by atoms with Crippen molar-refractivity contribution in [3.63, 3.8) is 0 Å². The summed E-state index contributed by atoms with van der Waals surface area (Å²) < 4.78 is 0. The van der Waals surface area contributed by atoms with E-state index in [1.165, 1.54) is 6.20 Å². The van der Waals surface area contributed by atoms with E-state index in [-0.39, 0.29) is 5.91 Å². The van der Waals surface area contributed by atoms with Crippen molar-refractivity contribution < 1.29 is 9.59 Å². The zero-order valence-corrected chi connectivity index (χ0v) is 18.1. The molecule has 0 aliphatic carbocycles. The van der Waals surface area contributed by atoms with Gasteiger partial charge in [0, 0.05) is 38.5 Å². The Kier molecular flexibility index (Phi) is 6.99. The molecule has 0 atom stereocenters. The summed E-state index contributed by atoms with van der Waals surface area (Å²) in [5, 5.41) is 5.98. The van der Waals surface area contributed by atoms with Crippen LogP contribution in [-0.2, 0) is 0 Å². The molecule has 8 heteroatoms. The molecule has 7 nitrogen and oxygen atoms in total. The van der Waals surface area contributed by atoms with Crippen LogP contribution in [0.3, 0.4) is 0 Å². The van der Waals surface area contributed by atoms with Crippen LogP contribution in [0.15, 0.2) is 71.9 Å². The summed E-state index contributed by atoms with van der Waals surface area (Å²) in [4.78, 5) is 35.7. The Morgan fingerprint density at radius 1 is 0.903 bits per heavy atom. The molecule has 2 amide bonds. The number of halogens is 1. The second kappa shape index (κ2) is 9.86. The molecule has 1 aromatic heterocycles. The van der Waals surface area contributed by atoms with Gasteiger partial charge < -0.3 is 15.5 Å². The second-order valence-electron chi connectivity index (χ2n) is 6.83. The van der Waals surface area contributed by atoms with Gasteiger partial charge in [0.15, 0.2) is 0 Å². The zero-order valence-electron chi connectivity index (χ0n) is 17.4. The van der Waals surface area contributed by atoms with Gasteiger partial charge in [-0.3, -0.25) is 14.6 Å². The van der Waals surface area contributed by atoms with Crippen molar-refractivity contribution in [1.82, 2.24) is 9.88 Å². The highest BCUT2D eigenvalue weighted by atomic mass is 35.5. The number of pyridine rings is 1. The molecular formula is C23H22ClN5O2. The number of amides is 2. The van der Waals surface area contributed by atoms with E-state index in [1.54, 1.807) is 55.6 Å². The predicted molar refractivity (Wildman–Crippen MR) is 124 cm³/mol. The van der Waals surface area contributed by atoms with Gasteiger partial charge in [0.25, 0.3) is 11.8 Å². The van der Waals surface area contributed by atoms with E-state index in [4.69, 9.17) is 11.6 Å². The smallest absolute Gasteiger partial charge is 0.258 e. The fraction of sp³-hybridized carbons (Fsp3) is 0.130. The maximum atomic E-state index is 12.8. The lowest BCUT2D eigenvalue weighted by atomic mass is 10.1. The number of nitrogens with zero attached hydrogens (tertiary/aromatic N) is 3. The molecular weight excluding hydrogens is 414 g/mol. The number of anilines is 2. The topological polar surface area (TPSA) is 86.7 Å². The fourth-order valence-corrected chi connectivity index (χ4v) is 3.09. The van der Waals surface area contributed by atoms with Gasteiger partial charge in [0.1, 0.15) is 11.7 Å². The Morgan fingerprint density at radius 3 is 2.19 bits per heavy atom. The summed E-state index contributed by atoms with van der Waals surface area (Å²) in [6, 6.07) is 17.1. The molecule has 0 saturated carbocycles. The number of aromatic nitrogens is 1. The summed E-state index contributed by atoms with van der Waals surface area (Å²) in [6.45, 7) is 0. The third-order valence-corrected chi connectivity index (χ3v) is 4.65. The summed E-state index contributed by atoms with van der Waals surface area (Å²) >= 11 is 5.82. The number of nitrogens with one attached hydrogen (secondary N) is 2. The number of hydrogen-bond acceptors (Lipinski definition) is 4. The van der Waals surface area contributed by atoms with Crippen LogP contribution in [0, 0.1) is 0 Å². The largest absolute Gasteiger partial charge is 0.363 e. The first-order chi connectivity index (χ1) is 14.9. The number of carbonyl (C=O) groups excluding carboxylic acids is 2. The summed E-state index contributed by atoms with van der Waals surface area (Å²) in [6.07, 6.45) is 1.44. The van der Waals surface area contributed by atoms with Crippen LogP contribution in [0.2, 0.25) is 5.02 Å². The Hall–Kier alpha value is -3.71. The Balaban J connectivity index is 1.76. The quantitative estimate of drug-likeness (QED) is 0.465. The monoisotopic (exact) mass is 435 g/mol. The van der Waals surface area contributed by atoms with Crippen LogP contribution < -0.4 is 10.6 Å². The van der Waals surface area contributed by atoms with Crippen molar-refractivity contribution in [2.75, 3.05) is 31.8 Å². The third-order valence-electron chi connectivity index (χ3n) is 4.43. The van der Waals surface area contributed by atoms with Gasteiger partial charge in [0.05, 0.1) is 16.3 Å². The Labute approximate surface area is 185 Å². The normalized spacial score (nSPS) is 11.0. The lowest BCUT2D eigenvalue weighted by molar-refractivity contribution is 0.102. The zero-order chi connectivity index (χ0) is 22.4. The predicted octanol–water partition coefficient (Wildman–Crippen LogP) is 4.18. The first kappa shape index (κ1) is 22.0. The SMILES string of the molecule is CN=C(c1ccc(C(=O)Nc2ccccc2C(=O)Nc2ccc(Cl)cn2)cc1)N(C)C. The Bertz CT molecular complexity index is 1110. The minimum absolute atomic E-state index is 0.317. The van der Waals surface area contributed by atoms with Crippen LogP contribution in [0.4, 0.5) is 11.5 Å². The average Bonchev–Trinajstić information content (AvgIpc) is 2.76. The van der Waals surface area contributed by atoms with Crippen LogP contribution in [0.5, 0.6) is 0 Å². The van der Waals surface area contributed by atoms with E-state index in [2.05, 4.69) is 20.6 Å². The van der Waals surface area contributed by atoms with E-state index in [1.807, 2.05) is 31.1 Å². The standard InChI is InChI=1S/C23H22ClN5O2/c1-25-21(29(2)3)15-8-10-16(11-9-15)22(30)27-19-7-5-4-6-18(19)23(31)28-20-13-12-17(24)14-26-20/h4-14H,1-3H3,(H,27,30)(H,26,28,31). The first-order valence-corrected chi connectivity index (χ1v) is 9.84. The highest BCUT2D eigenvalue weighted by Gasteiger charge is 2.15. The number of carbonyl (C=O) groups is 2. The van der Waals surface area contributed by atoms with Gasteiger partial charge in [-0.25, -0.2) is 4.98 Å². The number of rotatable bonds is 5. The molecule has 0 aliphatic heterocycles. The lowest BCUT2D eigenvalue weighted by Crippen LogP contribution is -2.23. The van der Waals surface area contributed by atoms with Gasteiger partial charge >= 0.3 is 0 Å². The van der Waals surface area contributed by atoms with Gasteiger partial charge in [-0.15, -0.1) is 0 Å². The van der Waals surface area contributed by atoms with Crippen molar-refractivity contribution in [3.8, 4) is 0 Å². The fourth-order valence-electron chi connectivity index (χ4n) is 2.98. The van der Waals surface area contributed by atoms with Crippen LogP contribution in [-0.4, -0.2) is 48.7 Å². The number of benzene rings is 2. The third kappa shape index (κ3) is 5.46. The molecule has 0 spiro atoms. The molecule has 2 aromatic carbocycles. The van der Waals surface area contributed by atoms with E-state index >= 15 is 0 Å². The van der Waals surface area contributed by atoms with Gasteiger partial charge in [-0.2, -0.15) is 0 Å². The van der Waals surface area contributed by atoms with Crippen LogP contribution >= 0.6 is 11.6 Å². The molecule has 1 heterocycles. The summed E-state index contributed by atoms with van der Waals surface area (Å²) in [7, 11) is 5.53. The first-order valence-electron chi connectivity index (χ1n) is 9.47. The molecule has 0 fully saturated rings. The van der Waals surface area contributed by atoms with E-state index in [0.29, 0.717) is 27.7 Å². The minimum atomic E-state index is -0.393. The maximum absolute atomic E-state index is 12.8. The van der Waals surface area contributed by atoms with Crippen molar-refractivity contribution in [2.45, 2.75) is 0 Å². The highest BCUT2D eigenvalue weighted by molar-refractivity contribution is 6.30. The molecule has 0 aliphatic rings. The van der Waals surface area contributed by atoms with Crippen molar-refractivity contribution >= 4 is 40.8 Å². The molecule has 0 unspecified atom stereocenters. The van der Waals surface area contributed by atoms with Crippen molar-refractivity contribution in [3.05, 3.63) is 88.6 Å². The van der Waals surface area contributed by atoms with Gasteiger partial charge in [0.2, 0.25) is 0 Å². The molecule has 0 saturated heterocycles. The lowest BCUT2D eigenvalue weighted by Gasteiger charge is -2.15. The molecule has 31 heavy (non-hydrogen) atoms. The van der Waals surface area contributed by atoms with E-state index in [9.17, 15) is 9.59 Å². The number of hydrogen-bond donors (Lipinski definition) is 2. The van der Waals surface area contributed by atoms with E-state index in [0.717, 1.165) is 11.4 Å². The Morgan fingerprint density at radius 2 is 1.58 bits per heavy atom. The number of amidine groups is 1. The minimum Gasteiger partial charge on any atom is -0.363 e. The van der Waals surface area contributed by atoms with Gasteiger partial charge in [-0.05, 0) is 36.4 Å². The van der Waals surface area contributed by atoms with Crippen molar-refractivity contribution in [2.24, 2.45) is 4.99 Å². The molecule has 0 radical (unpaired) electrons. The maximum Gasteiger partial charge on any atom is 0.258 e. The highest BCUT2D eigenvalue weighted by Crippen LogP contribution is 2.19. The molecule has 2 N–H and O–H groups in total. The summed E-state index contributed by atoms with van der Waals surface area (Å²) in [5.41, 5.74) is 2.08. The second-order valence-corrected chi connectivity index (χ2v) is 7.27. The van der Waals surface area contributed by atoms with Crippen molar-refractivity contribution in [1.29, 1.82) is 0 Å². The van der Waals surface area contributed by atoms with Crippen LogP contribution in [0.1, 0.15) is 26.3 Å². The average molecular weight is 436 g/mol. The number of aliphatic imine (C=N–C) groups is 1. The molecule has 3 rings (SSSR count). The van der Waals surface area contributed by atoms with Crippen LogP contribution in [0.25, 0.3) is 0 Å². The molecule has 158 valence electrons. The van der Waals surface area contributed by atoms with Gasteiger partial charge in [-0.1, -0.05) is 35.9 Å². The molecule has 0 bridgehead atoms.